The van der Waals surface area contributed by atoms with Crippen molar-refractivity contribution < 1.29 is 14.3 Å². The highest BCUT2D eigenvalue weighted by Gasteiger charge is 2.31. The van der Waals surface area contributed by atoms with Crippen molar-refractivity contribution >= 4 is 22.7 Å². The molecule has 2 fully saturated rings. The first-order valence-corrected chi connectivity index (χ1v) is 10.3. The molecule has 154 valence electrons. The van der Waals surface area contributed by atoms with Crippen LogP contribution in [-0.4, -0.2) is 72.0 Å². The number of benzene rings is 1. The van der Waals surface area contributed by atoms with Crippen LogP contribution in [0.15, 0.2) is 24.3 Å². The Hall–Kier alpha value is -2.67. The topological polar surface area (TPSA) is 74.8 Å². The molecule has 2 amide bonds. The molecule has 1 N–H and O–H groups in total. The largest absolute Gasteiger partial charge is 0.497 e. The number of ether oxygens (including phenoxy) is 1. The summed E-state index contributed by atoms with van der Waals surface area (Å²) in [6, 6.07) is 7.81. The van der Waals surface area contributed by atoms with E-state index in [0.717, 1.165) is 35.2 Å². The lowest BCUT2D eigenvalue weighted by Crippen LogP contribution is -2.55. The number of hydrogen-bond acceptors (Lipinski definition) is 5. The minimum Gasteiger partial charge on any atom is -0.497 e. The molecule has 1 aromatic carbocycles. The molecule has 29 heavy (non-hydrogen) atoms. The number of rotatable bonds is 5. The van der Waals surface area contributed by atoms with Crippen LogP contribution < -0.4 is 10.1 Å². The molecule has 1 aromatic heterocycles. The quantitative estimate of drug-likeness (QED) is 0.837. The van der Waals surface area contributed by atoms with Gasteiger partial charge in [0.15, 0.2) is 0 Å². The molecular formula is C22H28N4O3. The number of methoxy groups -OCH3 is 1. The number of carbonyl (C=O) groups excluding carboxylic acids is 2. The van der Waals surface area contributed by atoms with Gasteiger partial charge in [0.05, 0.1) is 29.9 Å². The summed E-state index contributed by atoms with van der Waals surface area (Å²) < 4.78 is 5.26. The van der Waals surface area contributed by atoms with Crippen LogP contribution >= 0.6 is 0 Å². The summed E-state index contributed by atoms with van der Waals surface area (Å²) in [6.07, 6.45) is 2.18. The molecule has 1 atom stereocenters. The molecule has 1 aliphatic carbocycles. The van der Waals surface area contributed by atoms with Crippen molar-refractivity contribution in [1.29, 1.82) is 0 Å². The second kappa shape index (κ2) is 7.99. The van der Waals surface area contributed by atoms with Crippen LogP contribution in [0, 0.1) is 6.92 Å². The SMILES string of the molecule is COc1ccc2cc(C(=O)N3CCN(C(C)C(=O)NC4CC4)CC3)c(C)nc2c1. The predicted octanol–water partition coefficient (Wildman–Crippen LogP) is 1.98. The number of amides is 2. The Kier molecular flexibility index (Phi) is 5.41. The third-order valence-electron chi connectivity index (χ3n) is 5.90. The number of hydrogen-bond donors (Lipinski definition) is 1. The van der Waals surface area contributed by atoms with Crippen LogP contribution in [0.2, 0.25) is 0 Å². The number of piperazine rings is 1. The molecule has 0 spiro atoms. The van der Waals surface area contributed by atoms with Gasteiger partial charge in [-0.05, 0) is 44.9 Å². The molecule has 0 bridgehead atoms. The van der Waals surface area contributed by atoms with E-state index in [0.29, 0.717) is 37.8 Å². The van der Waals surface area contributed by atoms with E-state index in [1.807, 2.05) is 43.0 Å². The first kappa shape index (κ1) is 19.6. The zero-order valence-electron chi connectivity index (χ0n) is 17.3. The average molecular weight is 396 g/mol. The van der Waals surface area contributed by atoms with Crippen molar-refractivity contribution in [3.8, 4) is 5.75 Å². The van der Waals surface area contributed by atoms with Crippen molar-refractivity contribution in [1.82, 2.24) is 20.1 Å². The van der Waals surface area contributed by atoms with Gasteiger partial charge in [0, 0.05) is 43.7 Å². The molecule has 1 unspecified atom stereocenters. The molecular weight excluding hydrogens is 368 g/mol. The van der Waals surface area contributed by atoms with Crippen molar-refractivity contribution in [3.63, 3.8) is 0 Å². The second-order valence-corrected chi connectivity index (χ2v) is 7.97. The molecule has 2 heterocycles. The van der Waals surface area contributed by atoms with Gasteiger partial charge in [-0.1, -0.05) is 0 Å². The van der Waals surface area contributed by atoms with E-state index in [1.54, 1.807) is 7.11 Å². The zero-order valence-corrected chi connectivity index (χ0v) is 17.3. The predicted molar refractivity (Wildman–Crippen MR) is 111 cm³/mol. The Morgan fingerprint density at radius 3 is 2.55 bits per heavy atom. The number of aryl methyl sites for hydroxylation is 1. The number of fused-ring (bicyclic) bond motifs is 1. The van der Waals surface area contributed by atoms with E-state index >= 15 is 0 Å². The summed E-state index contributed by atoms with van der Waals surface area (Å²) in [7, 11) is 1.63. The zero-order chi connectivity index (χ0) is 20.5. The van der Waals surface area contributed by atoms with Crippen molar-refractivity contribution in [2.24, 2.45) is 0 Å². The molecule has 4 rings (SSSR count). The highest BCUT2D eigenvalue weighted by Crippen LogP contribution is 2.23. The number of pyridine rings is 1. The Morgan fingerprint density at radius 2 is 1.90 bits per heavy atom. The number of carbonyl (C=O) groups is 2. The summed E-state index contributed by atoms with van der Waals surface area (Å²) in [5.74, 6) is 0.846. The monoisotopic (exact) mass is 396 g/mol. The first-order valence-electron chi connectivity index (χ1n) is 10.3. The number of nitrogens with zero attached hydrogens (tertiary/aromatic N) is 3. The maximum atomic E-state index is 13.1. The summed E-state index contributed by atoms with van der Waals surface area (Å²) >= 11 is 0. The van der Waals surface area contributed by atoms with Gasteiger partial charge in [-0.25, -0.2) is 0 Å². The normalized spacial score (nSPS) is 18.5. The molecule has 2 aromatic rings. The van der Waals surface area contributed by atoms with Crippen LogP contribution in [-0.2, 0) is 4.79 Å². The highest BCUT2D eigenvalue weighted by molar-refractivity contribution is 5.99. The van der Waals surface area contributed by atoms with Gasteiger partial charge in [0.2, 0.25) is 5.91 Å². The summed E-state index contributed by atoms with van der Waals surface area (Å²) in [6.45, 7) is 6.43. The van der Waals surface area contributed by atoms with Gasteiger partial charge in [0.25, 0.3) is 5.91 Å². The highest BCUT2D eigenvalue weighted by atomic mass is 16.5. The maximum absolute atomic E-state index is 13.1. The van der Waals surface area contributed by atoms with Crippen LogP contribution in [0.1, 0.15) is 35.8 Å². The van der Waals surface area contributed by atoms with Crippen molar-refractivity contribution in [2.75, 3.05) is 33.3 Å². The van der Waals surface area contributed by atoms with E-state index in [9.17, 15) is 9.59 Å². The summed E-state index contributed by atoms with van der Waals surface area (Å²) in [5, 5.41) is 3.99. The van der Waals surface area contributed by atoms with Crippen LogP contribution in [0.25, 0.3) is 10.9 Å². The van der Waals surface area contributed by atoms with Gasteiger partial charge in [0.1, 0.15) is 5.75 Å². The smallest absolute Gasteiger partial charge is 0.255 e. The fourth-order valence-corrected chi connectivity index (χ4v) is 3.78. The Labute approximate surface area is 171 Å². The molecule has 1 aliphatic heterocycles. The Balaban J connectivity index is 1.42. The third kappa shape index (κ3) is 4.19. The van der Waals surface area contributed by atoms with E-state index in [-0.39, 0.29) is 17.9 Å². The fraction of sp³-hybridized carbons (Fsp3) is 0.500. The minimum absolute atomic E-state index is 0.00227. The number of aromatic nitrogens is 1. The molecule has 1 saturated carbocycles. The fourth-order valence-electron chi connectivity index (χ4n) is 3.78. The van der Waals surface area contributed by atoms with Gasteiger partial charge in [-0.2, -0.15) is 0 Å². The Bertz CT molecular complexity index is 933. The van der Waals surface area contributed by atoms with Crippen molar-refractivity contribution in [3.05, 3.63) is 35.5 Å². The summed E-state index contributed by atoms with van der Waals surface area (Å²) in [5.41, 5.74) is 2.17. The van der Waals surface area contributed by atoms with Gasteiger partial charge < -0.3 is 15.0 Å². The van der Waals surface area contributed by atoms with E-state index in [2.05, 4.69) is 15.2 Å². The Morgan fingerprint density at radius 1 is 1.17 bits per heavy atom. The van der Waals surface area contributed by atoms with Gasteiger partial charge in [-0.3, -0.25) is 19.5 Å². The van der Waals surface area contributed by atoms with Crippen LogP contribution in [0.3, 0.4) is 0 Å². The molecule has 1 saturated heterocycles. The van der Waals surface area contributed by atoms with E-state index in [1.165, 1.54) is 0 Å². The second-order valence-electron chi connectivity index (χ2n) is 7.97. The molecule has 7 heteroatoms. The maximum Gasteiger partial charge on any atom is 0.255 e. The molecule has 2 aliphatic rings. The summed E-state index contributed by atoms with van der Waals surface area (Å²) in [4.78, 5) is 34.0. The lowest BCUT2D eigenvalue weighted by molar-refractivity contribution is -0.126. The van der Waals surface area contributed by atoms with E-state index < -0.39 is 0 Å². The average Bonchev–Trinajstić information content (AvgIpc) is 3.55. The van der Waals surface area contributed by atoms with Crippen LogP contribution in [0.5, 0.6) is 5.75 Å². The minimum atomic E-state index is -0.160. The lowest BCUT2D eigenvalue weighted by atomic mass is 10.1. The van der Waals surface area contributed by atoms with Crippen molar-refractivity contribution in [2.45, 2.75) is 38.8 Å². The first-order chi connectivity index (χ1) is 14.0. The lowest BCUT2D eigenvalue weighted by Gasteiger charge is -2.37. The van der Waals surface area contributed by atoms with E-state index in [4.69, 9.17) is 4.74 Å². The van der Waals surface area contributed by atoms with Gasteiger partial charge in [-0.15, -0.1) is 0 Å². The third-order valence-corrected chi connectivity index (χ3v) is 5.90. The molecule has 0 radical (unpaired) electrons. The van der Waals surface area contributed by atoms with Crippen LogP contribution in [0.4, 0.5) is 0 Å². The van der Waals surface area contributed by atoms with Gasteiger partial charge >= 0.3 is 0 Å². The number of nitrogens with one attached hydrogen (secondary N) is 1. The standard InChI is InChI=1S/C22H28N4O3/c1-14-19(12-16-4-7-18(29-3)13-20(16)23-14)22(28)26-10-8-25(9-11-26)15(2)21(27)24-17-5-6-17/h4,7,12-13,15,17H,5-6,8-11H2,1-3H3,(H,24,27). The molecule has 7 nitrogen and oxygen atoms in total.